The third kappa shape index (κ3) is 6.28. The maximum Gasteiger partial charge on any atom is 0.251 e. The van der Waals surface area contributed by atoms with Crippen molar-refractivity contribution in [3.63, 3.8) is 0 Å². The van der Waals surface area contributed by atoms with Crippen LogP contribution in [0.1, 0.15) is 34.7 Å². The largest absolute Gasteiger partial charge is 0.497 e. The summed E-state index contributed by atoms with van der Waals surface area (Å²) in [6.07, 6.45) is 0. The number of thioether (sulfide) groups is 1. The van der Waals surface area contributed by atoms with E-state index in [0.29, 0.717) is 39.5 Å². The molecule has 1 unspecified atom stereocenters. The fraction of sp³-hybridized carbons (Fsp3) is 0.304. The highest BCUT2D eigenvalue weighted by Crippen LogP contribution is 2.23. The molecule has 9 nitrogen and oxygen atoms in total. The lowest BCUT2D eigenvalue weighted by molar-refractivity contribution is -0.113. The molecule has 0 radical (unpaired) electrons. The van der Waals surface area contributed by atoms with Crippen LogP contribution in [0.2, 0.25) is 5.02 Å². The molecule has 0 aliphatic rings. The minimum Gasteiger partial charge on any atom is -0.497 e. The lowest BCUT2D eigenvalue weighted by Crippen LogP contribution is -2.32. The van der Waals surface area contributed by atoms with Crippen molar-refractivity contribution < 1.29 is 19.4 Å². The Balaban J connectivity index is 1.67. The van der Waals surface area contributed by atoms with Crippen molar-refractivity contribution in [3.8, 4) is 5.75 Å². The molecule has 34 heavy (non-hydrogen) atoms. The average molecular weight is 504 g/mol. The van der Waals surface area contributed by atoms with Gasteiger partial charge in [-0.3, -0.25) is 9.59 Å². The molecule has 2 aromatic carbocycles. The van der Waals surface area contributed by atoms with Crippen LogP contribution < -0.4 is 15.4 Å². The third-order valence-electron chi connectivity index (χ3n) is 5.02. The number of aromatic nitrogens is 3. The highest BCUT2D eigenvalue weighted by atomic mass is 35.5. The van der Waals surface area contributed by atoms with Gasteiger partial charge in [0.25, 0.3) is 5.91 Å². The van der Waals surface area contributed by atoms with Crippen LogP contribution in [0.5, 0.6) is 5.75 Å². The van der Waals surface area contributed by atoms with Gasteiger partial charge in [-0.25, -0.2) is 0 Å². The highest BCUT2D eigenvalue weighted by Gasteiger charge is 2.23. The number of hydrogen-bond acceptors (Lipinski definition) is 7. The van der Waals surface area contributed by atoms with Crippen LogP contribution in [-0.2, 0) is 11.3 Å². The zero-order valence-corrected chi connectivity index (χ0v) is 20.6. The quantitative estimate of drug-likeness (QED) is 0.362. The van der Waals surface area contributed by atoms with Crippen molar-refractivity contribution >= 4 is 40.9 Å². The molecule has 0 bridgehead atoms. The normalized spacial score (nSPS) is 11.7. The second kappa shape index (κ2) is 11.9. The number of carbonyl (C=O) groups is 2. The Hall–Kier alpha value is -3.08. The fourth-order valence-corrected chi connectivity index (χ4v) is 4.16. The predicted octanol–water partition coefficient (Wildman–Crippen LogP) is 3.46. The molecule has 3 N–H and O–H groups in total. The number of amides is 2. The number of ether oxygens (including phenoxy) is 1. The minimum atomic E-state index is -0.765. The van der Waals surface area contributed by atoms with E-state index < -0.39 is 6.04 Å². The first kappa shape index (κ1) is 25.5. The molecule has 0 saturated carbocycles. The summed E-state index contributed by atoms with van der Waals surface area (Å²) < 4.78 is 6.87. The Morgan fingerprint density at radius 1 is 1.21 bits per heavy atom. The molecule has 2 amide bonds. The van der Waals surface area contributed by atoms with Gasteiger partial charge < -0.3 is 25.0 Å². The van der Waals surface area contributed by atoms with Gasteiger partial charge in [0, 0.05) is 22.8 Å². The van der Waals surface area contributed by atoms with Crippen LogP contribution in [0.15, 0.2) is 47.6 Å². The number of aryl methyl sites for hydroxylation is 1. The average Bonchev–Trinajstić information content (AvgIpc) is 3.26. The lowest BCUT2D eigenvalue weighted by Gasteiger charge is -2.17. The highest BCUT2D eigenvalue weighted by molar-refractivity contribution is 7.99. The van der Waals surface area contributed by atoms with Gasteiger partial charge in [0.05, 0.1) is 19.5 Å². The second-order valence-corrected chi connectivity index (χ2v) is 8.70. The molecule has 0 aliphatic heterocycles. The SMILES string of the molecule is CCn1c(SCC(=O)Nc2cc(Cl)ccc2C)nnc1C(CO)NC(=O)c1ccc(OC)cc1. The van der Waals surface area contributed by atoms with Crippen molar-refractivity contribution in [1.29, 1.82) is 0 Å². The molecule has 180 valence electrons. The standard InChI is InChI=1S/C23H26ClN5O4S/c1-4-29-21(19(12-30)26-22(32)15-6-9-17(33-3)10-7-15)27-28-23(29)34-13-20(31)25-18-11-16(24)8-5-14(18)2/h5-11,19,30H,4,12-13H2,1-3H3,(H,25,31)(H,26,32). The van der Waals surface area contributed by atoms with E-state index in [0.717, 1.165) is 5.56 Å². The van der Waals surface area contributed by atoms with Crippen molar-refractivity contribution in [2.45, 2.75) is 31.6 Å². The summed E-state index contributed by atoms with van der Waals surface area (Å²) in [5, 5.41) is 24.9. The summed E-state index contributed by atoms with van der Waals surface area (Å²) in [5.74, 6) is 0.566. The molecule has 1 atom stereocenters. The Morgan fingerprint density at radius 2 is 1.94 bits per heavy atom. The van der Waals surface area contributed by atoms with Crippen molar-refractivity contribution in [1.82, 2.24) is 20.1 Å². The zero-order valence-electron chi connectivity index (χ0n) is 19.0. The van der Waals surface area contributed by atoms with Gasteiger partial charge >= 0.3 is 0 Å². The number of rotatable bonds is 10. The summed E-state index contributed by atoms with van der Waals surface area (Å²) in [7, 11) is 1.55. The van der Waals surface area contributed by atoms with E-state index in [1.807, 2.05) is 19.9 Å². The summed E-state index contributed by atoms with van der Waals surface area (Å²) >= 11 is 7.23. The molecule has 3 rings (SSSR count). The molecular formula is C23H26ClN5O4S. The van der Waals surface area contributed by atoms with Crippen molar-refractivity contribution in [2.24, 2.45) is 0 Å². The fourth-order valence-electron chi connectivity index (χ4n) is 3.18. The van der Waals surface area contributed by atoms with E-state index in [-0.39, 0.29) is 24.2 Å². The number of aliphatic hydroxyl groups excluding tert-OH is 1. The molecule has 0 fully saturated rings. The summed E-state index contributed by atoms with van der Waals surface area (Å²) in [6.45, 7) is 3.91. The van der Waals surface area contributed by atoms with Gasteiger partial charge in [-0.05, 0) is 55.8 Å². The van der Waals surface area contributed by atoms with Crippen LogP contribution in [0, 0.1) is 6.92 Å². The number of anilines is 1. The first-order valence-electron chi connectivity index (χ1n) is 10.5. The van der Waals surface area contributed by atoms with Crippen LogP contribution in [0.25, 0.3) is 0 Å². The number of carbonyl (C=O) groups excluding carboxylic acids is 2. The Morgan fingerprint density at radius 3 is 2.59 bits per heavy atom. The number of nitrogens with one attached hydrogen (secondary N) is 2. The molecule has 1 heterocycles. The Bertz CT molecular complexity index is 1150. The van der Waals surface area contributed by atoms with Crippen LogP contribution in [0.3, 0.4) is 0 Å². The van der Waals surface area contributed by atoms with Gasteiger partial charge in [-0.1, -0.05) is 29.4 Å². The monoisotopic (exact) mass is 503 g/mol. The van der Waals surface area contributed by atoms with Gasteiger partial charge in [-0.2, -0.15) is 0 Å². The number of halogens is 1. The van der Waals surface area contributed by atoms with Gasteiger partial charge in [0.15, 0.2) is 11.0 Å². The Labute approximate surface area is 206 Å². The van der Waals surface area contributed by atoms with Crippen LogP contribution >= 0.6 is 23.4 Å². The number of methoxy groups -OCH3 is 1. The summed E-state index contributed by atoms with van der Waals surface area (Å²) in [4.78, 5) is 25.1. The summed E-state index contributed by atoms with van der Waals surface area (Å²) in [6, 6.07) is 11.2. The predicted molar refractivity (Wildman–Crippen MR) is 132 cm³/mol. The molecule has 1 aromatic heterocycles. The number of nitrogens with zero attached hydrogens (tertiary/aromatic N) is 3. The topological polar surface area (TPSA) is 118 Å². The maximum atomic E-state index is 12.6. The van der Waals surface area contributed by atoms with Crippen molar-refractivity contribution in [3.05, 3.63) is 64.4 Å². The van der Waals surface area contributed by atoms with E-state index in [9.17, 15) is 14.7 Å². The molecule has 3 aromatic rings. The molecule has 0 saturated heterocycles. The van der Waals surface area contributed by atoms with E-state index in [1.54, 1.807) is 48.1 Å². The van der Waals surface area contributed by atoms with E-state index in [2.05, 4.69) is 20.8 Å². The van der Waals surface area contributed by atoms with E-state index >= 15 is 0 Å². The number of benzene rings is 2. The third-order valence-corrected chi connectivity index (χ3v) is 6.22. The Kier molecular flexibility index (Phi) is 8.91. The van der Waals surface area contributed by atoms with E-state index in [4.69, 9.17) is 16.3 Å². The minimum absolute atomic E-state index is 0.103. The molecular weight excluding hydrogens is 478 g/mol. The van der Waals surface area contributed by atoms with E-state index in [1.165, 1.54) is 11.8 Å². The second-order valence-electron chi connectivity index (χ2n) is 7.32. The number of aliphatic hydroxyl groups is 1. The smallest absolute Gasteiger partial charge is 0.251 e. The van der Waals surface area contributed by atoms with Gasteiger partial charge in [-0.15, -0.1) is 10.2 Å². The first-order chi connectivity index (χ1) is 16.4. The molecule has 11 heteroatoms. The summed E-state index contributed by atoms with van der Waals surface area (Å²) in [5.41, 5.74) is 1.97. The van der Waals surface area contributed by atoms with Crippen LogP contribution in [-0.4, -0.2) is 51.2 Å². The first-order valence-corrected chi connectivity index (χ1v) is 11.9. The number of hydrogen-bond donors (Lipinski definition) is 3. The maximum absolute atomic E-state index is 12.6. The zero-order chi connectivity index (χ0) is 24.7. The lowest BCUT2D eigenvalue weighted by atomic mass is 10.2. The van der Waals surface area contributed by atoms with Gasteiger partial charge in [0.2, 0.25) is 5.91 Å². The molecule has 0 spiro atoms. The van der Waals surface area contributed by atoms with Crippen LogP contribution in [0.4, 0.5) is 5.69 Å². The molecule has 0 aliphatic carbocycles. The van der Waals surface area contributed by atoms with Gasteiger partial charge in [0.1, 0.15) is 11.8 Å². The van der Waals surface area contributed by atoms with Crippen molar-refractivity contribution in [2.75, 3.05) is 24.8 Å².